The van der Waals surface area contributed by atoms with E-state index in [1.165, 1.54) is 48.2 Å². The van der Waals surface area contributed by atoms with Gasteiger partial charge in [0.1, 0.15) is 5.82 Å². The minimum atomic E-state index is -3.95. The predicted molar refractivity (Wildman–Crippen MR) is 91.4 cm³/mol. The molecule has 6 nitrogen and oxygen atoms in total. The van der Waals surface area contributed by atoms with E-state index in [0.717, 1.165) is 4.90 Å². The van der Waals surface area contributed by atoms with E-state index < -0.39 is 15.9 Å². The van der Waals surface area contributed by atoms with Crippen LogP contribution < -0.4 is 10.3 Å². The summed E-state index contributed by atoms with van der Waals surface area (Å²) in [6.07, 6.45) is 0.0722. The van der Waals surface area contributed by atoms with Crippen molar-refractivity contribution in [3.63, 3.8) is 0 Å². The van der Waals surface area contributed by atoms with Crippen molar-refractivity contribution in [3.05, 3.63) is 59.9 Å². The number of amides is 1. The Morgan fingerprint density at radius 2 is 1.92 bits per heavy atom. The number of benzene rings is 2. The number of hydrogen-bond donors (Lipinski definition) is 2. The first-order chi connectivity index (χ1) is 11.9. The van der Waals surface area contributed by atoms with Gasteiger partial charge in [-0.05, 0) is 42.5 Å². The maximum atomic E-state index is 12.8. The first kappa shape index (κ1) is 18.9. The van der Waals surface area contributed by atoms with Crippen molar-refractivity contribution in [2.24, 2.45) is 0 Å². The highest BCUT2D eigenvalue weighted by molar-refractivity contribution is 7.99. The number of thioether (sulfide) groups is 1. The second-order valence-corrected chi connectivity index (χ2v) is 7.70. The Labute approximate surface area is 149 Å². The van der Waals surface area contributed by atoms with Gasteiger partial charge in [0.25, 0.3) is 10.0 Å². The summed E-state index contributed by atoms with van der Waals surface area (Å²) in [6.45, 7) is 0. The molecule has 0 fully saturated rings. The second-order valence-electron chi connectivity index (χ2n) is 4.85. The fraction of sp³-hybridized carbons (Fsp3) is 0.125. The number of hydrazine groups is 1. The topological polar surface area (TPSA) is 99.1 Å². The van der Waals surface area contributed by atoms with Crippen molar-refractivity contribution in [1.29, 1.82) is 5.26 Å². The number of nitrogens with one attached hydrogen (secondary N) is 2. The first-order valence-corrected chi connectivity index (χ1v) is 9.57. The summed E-state index contributed by atoms with van der Waals surface area (Å²) in [5.41, 5.74) is 2.32. The van der Waals surface area contributed by atoms with Gasteiger partial charge in [-0.1, -0.05) is 6.07 Å². The molecule has 0 spiro atoms. The Morgan fingerprint density at radius 1 is 1.20 bits per heavy atom. The maximum Gasteiger partial charge on any atom is 0.257 e. The molecule has 0 saturated heterocycles. The van der Waals surface area contributed by atoms with Crippen LogP contribution in [-0.4, -0.2) is 20.1 Å². The molecule has 0 aliphatic carbocycles. The zero-order valence-corrected chi connectivity index (χ0v) is 14.5. The first-order valence-electron chi connectivity index (χ1n) is 7.10. The van der Waals surface area contributed by atoms with Crippen molar-refractivity contribution in [2.45, 2.75) is 16.2 Å². The van der Waals surface area contributed by atoms with E-state index in [1.54, 1.807) is 12.1 Å². The summed E-state index contributed by atoms with van der Waals surface area (Å²) >= 11 is 1.35. The monoisotopic (exact) mass is 379 g/mol. The summed E-state index contributed by atoms with van der Waals surface area (Å²) in [5.74, 6) is -0.435. The smallest absolute Gasteiger partial charge is 0.257 e. The van der Waals surface area contributed by atoms with E-state index in [0.29, 0.717) is 5.75 Å². The molecule has 1 amide bonds. The molecule has 0 atom stereocenters. The summed E-state index contributed by atoms with van der Waals surface area (Å²) in [4.78, 5) is 14.4. The number of carbonyl (C=O) groups excluding carboxylic acids is 1. The number of rotatable bonds is 7. The van der Waals surface area contributed by atoms with Crippen LogP contribution in [0.3, 0.4) is 0 Å². The molecule has 0 aromatic heterocycles. The Balaban J connectivity index is 1.82. The third kappa shape index (κ3) is 5.86. The number of sulfonamides is 1. The molecule has 0 aliphatic heterocycles. The molecule has 25 heavy (non-hydrogen) atoms. The van der Waals surface area contributed by atoms with Gasteiger partial charge in [-0.25, -0.2) is 12.8 Å². The third-order valence-electron chi connectivity index (χ3n) is 3.01. The van der Waals surface area contributed by atoms with Crippen molar-refractivity contribution in [2.75, 3.05) is 5.75 Å². The summed E-state index contributed by atoms with van der Waals surface area (Å²) < 4.78 is 36.9. The van der Waals surface area contributed by atoms with Crippen LogP contribution in [0.2, 0.25) is 0 Å². The fourth-order valence-electron chi connectivity index (χ4n) is 1.77. The number of hydrogen-bond acceptors (Lipinski definition) is 5. The third-order valence-corrected chi connectivity index (χ3v) is 5.27. The number of carbonyl (C=O) groups is 1. The molecular formula is C16H14FN3O3S2. The highest BCUT2D eigenvalue weighted by Gasteiger charge is 2.15. The molecule has 0 heterocycles. The van der Waals surface area contributed by atoms with Crippen LogP contribution in [0, 0.1) is 17.1 Å². The van der Waals surface area contributed by atoms with Gasteiger partial charge in [-0.15, -0.1) is 16.6 Å². The van der Waals surface area contributed by atoms with Crippen LogP contribution in [0.5, 0.6) is 0 Å². The minimum Gasteiger partial charge on any atom is -0.278 e. The molecule has 2 N–H and O–H groups in total. The Bertz CT molecular complexity index is 894. The Morgan fingerprint density at radius 3 is 2.60 bits per heavy atom. The van der Waals surface area contributed by atoms with E-state index in [-0.39, 0.29) is 22.7 Å². The van der Waals surface area contributed by atoms with Crippen molar-refractivity contribution >= 4 is 27.7 Å². The molecule has 0 bridgehead atoms. The van der Waals surface area contributed by atoms with Crippen LogP contribution >= 0.6 is 11.8 Å². The second kappa shape index (κ2) is 8.62. The summed E-state index contributed by atoms with van der Waals surface area (Å²) in [6, 6.07) is 13.1. The van der Waals surface area contributed by atoms with E-state index in [1.807, 2.05) is 10.9 Å². The maximum absolute atomic E-state index is 12.8. The average molecular weight is 379 g/mol. The fourth-order valence-corrected chi connectivity index (χ4v) is 3.53. The lowest BCUT2D eigenvalue weighted by molar-refractivity contribution is -0.121. The zero-order valence-electron chi connectivity index (χ0n) is 12.9. The van der Waals surface area contributed by atoms with E-state index >= 15 is 0 Å². The molecule has 9 heteroatoms. The van der Waals surface area contributed by atoms with E-state index in [2.05, 4.69) is 5.43 Å². The average Bonchev–Trinajstić information content (AvgIpc) is 2.62. The molecule has 2 aromatic carbocycles. The van der Waals surface area contributed by atoms with Crippen molar-refractivity contribution in [3.8, 4) is 6.07 Å². The highest BCUT2D eigenvalue weighted by atomic mass is 32.2. The zero-order chi connectivity index (χ0) is 18.3. The van der Waals surface area contributed by atoms with Crippen LogP contribution in [0.25, 0.3) is 0 Å². The molecule has 2 aromatic rings. The van der Waals surface area contributed by atoms with Crippen LogP contribution in [-0.2, 0) is 14.8 Å². The molecule has 0 radical (unpaired) electrons. The predicted octanol–water partition coefficient (Wildman–Crippen LogP) is 2.19. The van der Waals surface area contributed by atoms with Crippen molar-refractivity contribution in [1.82, 2.24) is 10.3 Å². The lowest BCUT2D eigenvalue weighted by Gasteiger charge is -2.08. The van der Waals surface area contributed by atoms with Crippen LogP contribution in [0.1, 0.15) is 12.0 Å². The summed E-state index contributed by atoms with van der Waals surface area (Å²) in [7, 11) is -3.95. The van der Waals surface area contributed by atoms with Crippen LogP contribution in [0.4, 0.5) is 4.39 Å². The van der Waals surface area contributed by atoms with Gasteiger partial charge in [-0.2, -0.15) is 5.26 Å². The normalized spacial score (nSPS) is 10.9. The van der Waals surface area contributed by atoms with Gasteiger partial charge in [0, 0.05) is 17.1 Å². The van der Waals surface area contributed by atoms with Gasteiger partial charge in [-0.3, -0.25) is 10.2 Å². The molecule has 0 aliphatic rings. The summed E-state index contributed by atoms with van der Waals surface area (Å²) in [5, 5.41) is 8.79. The van der Waals surface area contributed by atoms with Crippen molar-refractivity contribution < 1.29 is 17.6 Å². The molecule has 130 valence electrons. The van der Waals surface area contributed by atoms with E-state index in [4.69, 9.17) is 5.26 Å². The SMILES string of the molecule is N#Cc1cccc(S(=O)(=O)NNC(=O)CCSc2ccc(F)cc2)c1. The lowest BCUT2D eigenvalue weighted by Crippen LogP contribution is -2.41. The van der Waals surface area contributed by atoms with Gasteiger partial charge in [0.15, 0.2) is 0 Å². The Kier molecular flexibility index (Phi) is 6.52. The van der Waals surface area contributed by atoms with Gasteiger partial charge in [0.05, 0.1) is 16.5 Å². The molecule has 2 rings (SSSR count). The van der Waals surface area contributed by atoms with Gasteiger partial charge in [0.2, 0.25) is 5.91 Å². The number of nitriles is 1. The number of nitrogens with zero attached hydrogens (tertiary/aromatic N) is 1. The van der Waals surface area contributed by atoms with Crippen LogP contribution in [0.15, 0.2) is 58.3 Å². The highest BCUT2D eigenvalue weighted by Crippen LogP contribution is 2.18. The largest absolute Gasteiger partial charge is 0.278 e. The Hall–Kier alpha value is -2.41. The minimum absolute atomic E-state index is 0.0722. The quantitative estimate of drug-likeness (QED) is 0.567. The molecule has 0 saturated carbocycles. The number of halogens is 1. The van der Waals surface area contributed by atoms with Gasteiger partial charge < -0.3 is 0 Å². The lowest BCUT2D eigenvalue weighted by atomic mass is 10.2. The standard InChI is InChI=1S/C16H14FN3O3S2/c17-13-4-6-14(7-5-13)24-9-8-16(21)19-20-25(22,23)15-3-1-2-12(10-15)11-18/h1-7,10,20H,8-9H2,(H,19,21). The molecule has 0 unspecified atom stereocenters. The molecular weight excluding hydrogens is 365 g/mol. The van der Waals surface area contributed by atoms with Gasteiger partial charge >= 0.3 is 0 Å². The van der Waals surface area contributed by atoms with E-state index in [9.17, 15) is 17.6 Å².